The molecule has 0 aromatic carbocycles. The van der Waals surface area contributed by atoms with Crippen LogP contribution in [0.1, 0.15) is 30.9 Å². The van der Waals surface area contributed by atoms with Crippen LogP contribution in [0.2, 0.25) is 0 Å². The summed E-state index contributed by atoms with van der Waals surface area (Å²) >= 11 is 0. The molecular formula is C11H15NO2. The van der Waals surface area contributed by atoms with Gasteiger partial charge in [-0.3, -0.25) is 4.98 Å². The van der Waals surface area contributed by atoms with E-state index in [-0.39, 0.29) is 6.10 Å². The van der Waals surface area contributed by atoms with Gasteiger partial charge in [0.15, 0.2) is 0 Å². The van der Waals surface area contributed by atoms with Gasteiger partial charge in [-0.05, 0) is 24.5 Å². The molecule has 1 aliphatic heterocycles. The van der Waals surface area contributed by atoms with Crippen LogP contribution in [0.15, 0.2) is 24.5 Å². The quantitative estimate of drug-likeness (QED) is 0.794. The fourth-order valence-corrected chi connectivity index (χ4v) is 1.79. The number of hydrogen-bond donors (Lipinski definition) is 1. The molecule has 0 aliphatic carbocycles. The zero-order chi connectivity index (χ0) is 9.80. The van der Waals surface area contributed by atoms with E-state index in [1.807, 2.05) is 12.1 Å². The molecule has 0 radical (unpaired) electrons. The lowest BCUT2D eigenvalue weighted by atomic mass is 10.0. The van der Waals surface area contributed by atoms with Crippen LogP contribution in [-0.2, 0) is 4.74 Å². The first-order valence-corrected chi connectivity index (χ1v) is 5.06. The monoisotopic (exact) mass is 193 g/mol. The van der Waals surface area contributed by atoms with Gasteiger partial charge in [0.2, 0.25) is 0 Å². The highest BCUT2D eigenvalue weighted by atomic mass is 16.5. The Morgan fingerprint density at radius 3 is 3.21 bits per heavy atom. The second kappa shape index (κ2) is 4.53. The van der Waals surface area contributed by atoms with Crippen molar-refractivity contribution in [2.75, 3.05) is 6.61 Å². The molecule has 1 aliphatic rings. The first kappa shape index (κ1) is 9.62. The Bertz CT molecular complexity index is 270. The topological polar surface area (TPSA) is 42.4 Å². The van der Waals surface area contributed by atoms with Crippen molar-refractivity contribution in [1.82, 2.24) is 4.98 Å². The molecule has 1 N–H and O–H groups in total. The van der Waals surface area contributed by atoms with Crippen molar-refractivity contribution in [1.29, 1.82) is 0 Å². The van der Waals surface area contributed by atoms with Gasteiger partial charge in [0, 0.05) is 25.4 Å². The standard InChI is InChI=1S/C11H15NO2/c13-11(7-10-4-2-6-14-10)9-3-1-5-12-8-9/h1,3,5,8,10-11,13H,2,4,6-7H2. The molecule has 76 valence electrons. The van der Waals surface area contributed by atoms with Gasteiger partial charge < -0.3 is 9.84 Å². The van der Waals surface area contributed by atoms with Crippen LogP contribution in [0.3, 0.4) is 0 Å². The fourth-order valence-electron chi connectivity index (χ4n) is 1.79. The Hall–Kier alpha value is -0.930. The SMILES string of the molecule is OC(CC1CCCO1)c1cccnc1. The summed E-state index contributed by atoms with van der Waals surface area (Å²) in [5.74, 6) is 0. The summed E-state index contributed by atoms with van der Waals surface area (Å²) in [4.78, 5) is 3.98. The number of ether oxygens (including phenoxy) is 1. The third-order valence-electron chi connectivity index (χ3n) is 2.58. The number of pyridine rings is 1. The molecule has 0 amide bonds. The Morgan fingerprint density at radius 1 is 1.64 bits per heavy atom. The van der Waals surface area contributed by atoms with E-state index >= 15 is 0 Å². The van der Waals surface area contributed by atoms with Crippen molar-refractivity contribution in [3.8, 4) is 0 Å². The number of aliphatic hydroxyl groups excluding tert-OH is 1. The summed E-state index contributed by atoms with van der Waals surface area (Å²) in [5, 5.41) is 9.86. The summed E-state index contributed by atoms with van der Waals surface area (Å²) in [7, 11) is 0. The minimum absolute atomic E-state index is 0.227. The first-order chi connectivity index (χ1) is 6.86. The largest absolute Gasteiger partial charge is 0.388 e. The molecule has 2 heterocycles. The zero-order valence-corrected chi connectivity index (χ0v) is 8.10. The third kappa shape index (κ3) is 2.30. The van der Waals surface area contributed by atoms with Gasteiger partial charge in [0.05, 0.1) is 12.2 Å². The maximum Gasteiger partial charge on any atom is 0.0829 e. The molecule has 1 saturated heterocycles. The van der Waals surface area contributed by atoms with E-state index in [0.29, 0.717) is 6.42 Å². The molecular weight excluding hydrogens is 178 g/mol. The smallest absolute Gasteiger partial charge is 0.0829 e. The second-order valence-electron chi connectivity index (χ2n) is 3.67. The molecule has 2 unspecified atom stereocenters. The first-order valence-electron chi connectivity index (χ1n) is 5.06. The van der Waals surface area contributed by atoms with Gasteiger partial charge in [0.1, 0.15) is 0 Å². The number of hydrogen-bond acceptors (Lipinski definition) is 3. The minimum Gasteiger partial charge on any atom is -0.388 e. The van der Waals surface area contributed by atoms with Crippen LogP contribution in [-0.4, -0.2) is 22.8 Å². The van der Waals surface area contributed by atoms with Crippen LogP contribution in [0.25, 0.3) is 0 Å². The van der Waals surface area contributed by atoms with Gasteiger partial charge in [-0.25, -0.2) is 0 Å². The summed E-state index contributed by atoms with van der Waals surface area (Å²) in [6.07, 6.45) is 6.08. The number of aliphatic hydroxyl groups is 1. The highest BCUT2D eigenvalue weighted by molar-refractivity contribution is 5.11. The van der Waals surface area contributed by atoms with Crippen molar-refractivity contribution in [3.63, 3.8) is 0 Å². The lowest BCUT2D eigenvalue weighted by Gasteiger charge is -2.14. The van der Waals surface area contributed by atoms with Gasteiger partial charge in [0.25, 0.3) is 0 Å². The number of nitrogens with zero attached hydrogens (tertiary/aromatic N) is 1. The minimum atomic E-state index is -0.438. The van der Waals surface area contributed by atoms with Gasteiger partial charge in [-0.1, -0.05) is 6.07 Å². The maximum atomic E-state index is 9.86. The van der Waals surface area contributed by atoms with Crippen molar-refractivity contribution in [2.45, 2.75) is 31.5 Å². The van der Waals surface area contributed by atoms with Gasteiger partial charge in [-0.2, -0.15) is 0 Å². The Balaban J connectivity index is 1.92. The van der Waals surface area contributed by atoms with Crippen LogP contribution in [0.5, 0.6) is 0 Å². The van der Waals surface area contributed by atoms with Crippen molar-refractivity contribution in [3.05, 3.63) is 30.1 Å². The third-order valence-corrected chi connectivity index (χ3v) is 2.58. The number of rotatable bonds is 3. The Morgan fingerprint density at radius 2 is 2.57 bits per heavy atom. The lowest BCUT2D eigenvalue weighted by Crippen LogP contribution is -2.11. The predicted octanol–water partition coefficient (Wildman–Crippen LogP) is 1.68. The zero-order valence-electron chi connectivity index (χ0n) is 8.10. The van der Waals surface area contributed by atoms with Gasteiger partial charge in [-0.15, -0.1) is 0 Å². The molecule has 1 fully saturated rings. The molecule has 2 atom stereocenters. The van der Waals surface area contributed by atoms with Crippen LogP contribution in [0.4, 0.5) is 0 Å². The van der Waals surface area contributed by atoms with Crippen LogP contribution < -0.4 is 0 Å². The average Bonchev–Trinajstić information content (AvgIpc) is 2.72. The van der Waals surface area contributed by atoms with E-state index in [1.165, 1.54) is 0 Å². The molecule has 14 heavy (non-hydrogen) atoms. The van der Waals surface area contributed by atoms with E-state index in [4.69, 9.17) is 4.74 Å². The molecule has 1 aromatic heterocycles. The highest BCUT2D eigenvalue weighted by Gasteiger charge is 2.20. The van der Waals surface area contributed by atoms with E-state index in [0.717, 1.165) is 25.0 Å². The van der Waals surface area contributed by atoms with Crippen LogP contribution >= 0.6 is 0 Å². The van der Waals surface area contributed by atoms with Crippen molar-refractivity contribution < 1.29 is 9.84 Å². The van der Waals surface area contributed by atoms with Gasteiger partial charge >= 0.3 is 0 Å². The Labute approximate surface area is 83.7 Å². The van der Waals surface area contributed by atoms with E-state index in [1.54, 1.807) is 12.4 Å². The highest BCUT2D eigenvalue weighted by Crippen LogP contribution is 2.24. The van der Waals surface area contributed by atoms with E-state index in [9.17, 15) is 5.11 Å². The lowest BCUT2D eigenvalue weighted by molar-refractivity contribution is 0.0534. The van der Waals surface area contributed by atoms with Crippen molar-refractivity contribution >= 4 is 0 Å². The van der Waals surface area contributed by atoms with Crippen LogP contribution in [0, 0.1) is 0 Å². The molecule has 2 rings (SSSR count). The van der Waals surface area contributed by atoms with E-state index < -0.39 is 6.10 Å². The van der Waals surface area contributed by atoms with Crippen molar-refractivity contribution in [2.24, 2.45) is 0 Å². The summed E-state index contributed by atoms with van der Waals surface area (Å²) < 4.78 is 5.46. The molecule has 3 nitrogen and oxygen atoms in total. The normalized spacial score (nSPS) is 23.6. The Kier molecular flexibility index (Phi) is 3.11. The average molecular weight is 193 g/mol. The summed E-state index contributed by atoms with van der Waals surface area (Å²) in [6.45, 7) is 0.838. The number of aromatic nitrogens is 1. The summed E-state index contributed by atoms with van der Waals surface area (Å²) in [6, 6.07) is 3.74. The molecule has 3 heteroatoms. The molecule has 0 spiro atoms. The van der Waals surface area contributed by atoms with E-state index in [2.05, 4.69) is 4.98 Å². The maximum absolute atomic E-state index is 9.86. The second-order valence-corrected chi connectivity index (χ2v) is 3.67. The molecule has 0 saturated carbocycles. The fraction of sp³-hybridized carbons (Fsp3) is 0.545. The summed E-state index contributed by atoms with van der Waals surface area (Å²) in [5.41, 5.74) is 0.878. The molecule has 1 aromatic rings. The molecule has 0 bridgehead atoms. The predicted molar refractivity (Wildman–Crippen MR) is 52.8 cm³/mol.